The molecular formula is C37H42N2O9S. The molecule has 2 aromatic rings. The largest absolute Gasteiger partial charge is 0.506 e. The van der Waals surface area contributed by atoms with Crippen LogP contribution < -0.4 is 5.32 Å². The van der Waals surface area contributed by atoms with Crippen molar-refractivity contribution in [1.29, 1.82) is 0 Å². The molecule has 0 amide bonds. The molecule has 11 nitrogen and oxygen atoms in total. The molecule has 2 unspecified atom stereocenters. The number of aliphatic hydroxyl groups is 1. The van der Waals surface area contributed by atoms with E-state index in [-0.39, 0.29) is 40.4 Å². The fraction of sp³-hybridized carbons (Fsp3) is 0.405. The second-order valence-electron chi connectivity index (χ2n) is 13.6. The van der Waals surface area contributed by atoms with Gasteiger partial charge in [0.15, 0.2) is 0 Å². The van der Waals surface area contributed by atoms with Crippen LogP contribution in [0.3, 0.4) is 0 Å². The van der Waals surface area contributed by atoms with Gasteiger partial charge in [-0.25, -0.2) is 0 Å². The van der Waals surface area contributed by atoms with Crippen molar-refractivity contribution in [3.8, 4) is 0 Å². The van der Waals surface area contributed by atoms with E-state index in [1.807, 2.05) is 26.0 Å². The topological polar surface area (TPSA) is 191 Å². The number of unbranched alkanes of at least 4 members (excludes halogenated alkanes) is 4. The summed E-state index contributed by atoms with van der Waals surface area (Å²) in [6.45, 7) is 5.95. The number of carbonyl (C=O) groups excluding carboxylic acids is 1. The number of anilines is 1. The SMILES string of the molecule is Cc1ccc2c(c1)C(C)(CCCCCC(=O)O)C(=CC1=C(O)C(=CC3=Nc4ccc(S(=O)(=O)O)cc4C3(C)CCCCCC(=O)O)C1=O)N2. The first-order valence-corrected chi connectivity index (χ1v) is 17.9. The highest BCUT2D eigenvalue weighted by atomic mass is 32.2. The summed E-state index contributed by atoms with van der Waals surface area (Å²) in [6.07, 6.45) is 8.28. The van der Waals surface area contributed by atoms with Crippen LogP contribution >= 0.6 is 0 Å². The smallest absolute Gasteiger partial charge is 0.303 e. The molecule has 0 saturated heterocycles. The van der Waals surface area contributed by atoms with Gasteiger partial charge in [0.25, 0.3) is 10.1 Å². The van der Waals surface area contributed by atoms with Crippen molar-refractivity contribution in [3.05, 3.63) is 87.8 Å². The molecule has 260 valence electrons. The summed E-state index contributed by atoms with van der Waals surface area (Å²) in [5, 5.41) is 32.7. The van der Waals surface area contributed by atoms with Crippen molar-refractivity contribution in [2.45, 2.75) is 101 Å². The highest BCUT2D eigenvalue weighted by molar-refractivity contribution is 7.85. The van der Waals surface area contributed by atoms with Crippen molar-refractivity contribution < 1.29 is 42.7 Å². The van der Waals surface area contributed by atoms with E-state index in [4.69, 9.17) is 15.2 Å². The number of Topliss-reactive ketones (excluding diaryl/α,β-unsaturated/α-hetero) is 1. The Morgan fingerprint density at radius 3 is 2.08 bits per heavy atom. The Labute approximate surface area is 285 Å². The van der Waals surface area contributed by atoms with Crippen LogP contribution in [0.2, 0.25) is 0 Å². The zero-order valence-corrected chi connectivity index (χ0v) is 28.7. The van der Waals surface area contributed by atoms with Crippen LogP contribution in [-0.4, -0.2) is 51.7 Å². The quantitative estimate of drug-likeness (QED) is 0.0723. The lowest BCUT2D eigenvalue weighted by atomic mass is 9.73. The standard InChI is InChI=1S/C37H42N2O9S/c1-22-12-14-28-26(18-22)36(2,16-8-4-6-10-32(40)41)30(38-28)20-24-34(44)25(35(24)45)21-31-37(3,17-9-5-7-11-33(42)43)27-19-23(49(46,47)48)13-15-29(27)39-31/h12-15,18-21,38,44H,4-11,16-17H2,1-3H3,(H,40,41)(H,42,43)(H,46,47,48). The van der Waals surface area contributed by atoms with Gasteiger partial charge in [0.05, 0.1) is 27.4 Å². The Morgan fingerprint density at radius 2 is 1.49 bits per heavy atom. The number of allylic oxidation sites excluding steroid dienone is 5. The molecule has 12 heteroatoms. The van der Waals surface area contributed by atoms with E-state index in [2.05, 4.69) is 18.3 Å². The Hall–Kier alpha value is -4.55. The van der Waals surface area contributed by atoms with E-state index in [0.717, 1.165) is 35.4 Å². The van der Waals surface area contributed by atoms with Gasteiger partial charge in [0.1, 0.15) is 5.76 Å². The van der Waals surface area contributed by atoms with E-state index in [0.29, 0.717) is 55.5 Å². The van der Waals surface area contributed by atoms with Crippen molar-refractivity contribution in [1.82, 2.24) is 0 Å². The minimum atomic E-state index is -4.50. The van der Waals surface area contributed by atoms with Crippen LogP contribution in [0.4, 0.5) is 11.4 Å². The number of fused-ring (bicyclic) bond motifs is 2. The predicted molar refractivity (Wildman–Crippen MR) is 185 cm³/mol. The van der Waals surface area contributed by atoms with Crippen LogP contribution in [0.5, 0.6) is 0 Å². The summed E-state index contributed by atoms with van der Waals surface area (Å²) in [5.74, 6) is -2.27. The maximum absolute atomic E-state index is 13.6. The molecule has 3 aliphatic rings. The van der Waals surface area contributed by atoms with Crippen LogP contribution in [0.15, 0.2) is 81.0 Å². The van der Waals surface area contributed by atoms with Crippen LogP contribution in [0.1, 0.15) is 94.7 Å². The van der Waals surface area contributed by atoms with E-state index in [1.54, 1.807) is 6.08 Å². The Balaban J connectivity index is 1.45. The highest BCUT2D eigenvalue weighted by Gasteiger charge is 2.43. The third kappa shape index (κ3) is 7.25. The number of nitrogens with one attached hydrogen (secondary N) is 1. The summed E-state index contributed by atoms with van der Waals surface area (Å²) in [4.78, 5) is 40.0. The number of benzene rings is 2. The molecule has 0 radical (unpaired) electrons. The maximum Gasteiger partial charge on any atom is 0.303 e. The second-order valence-corrected chi connectivity index (χ2v) is 15.0. The number of hydrogen-bond donors (Lipinski definition) is 5. The number of aliphatic imine (C=N–C) groups is 1. The molecule has 0 fully saturated rings. The average Bonchev–Trinajstić information content (AvgIpc) is 3.46. The summed E-state index contributed by atoms with van der Waals surface area (Å²) >= 11 is 0. The Bertz CT molecular complexity index is 1960. The first-order chi connectivity index (χ1) is 23.0. The predicted octanol–water partition coefficient (Wildman–Crippen LogP) is 7.24. The van der Waals surface area contributed by atoms with Crippen LogP contribution in [0, 0.1) is 6.92 Å². The molecule has 0 aromatic heterocycles. The zero-order valence-electron chi connectivity index (χ0n) is 27.9. The minimum absolute atomic E-state index is 0.0277. The Kier molecular flexibility index (Phi) is 10.0. The van der Waals surface area contributed by atoms with Gasteiger partial charge in [-0.15, -0.1) is 0 Å². The van der Waals surface area contributed by atoms with Crippen molar-refractivity contribution in [3.63, 3.8) is 0 Å². The lowest BCUT2D eigenvalue weighted by Gasteiger charge is -2.29. The van der Waals surface area contributed by atoms with Gasteiger partial charge in [-0.1, -0.05) is 43.4 Å². The normalized spacial score (nSPS) is 22.9. The molecule has 1 aliphatic carbocycles. The number of carbonyl (C=O) groups is 3. The number of aliphatic hydroxyl groups excluding tert-OH is 1. The van der Waals surface area contributed by atoms with Crippen LogP contribution in [0.25, 0.3) is 0 Å². The number of ketones is 1. The lowest BCUT2D eigenvalue weighted by molar-refractivity contribution is -0.138. The molecule has 0 saturated carbocycles. The molecule has 2 aliphatic heterocycles. The van der Waals surface area contributed by atoms with Gasteiger partial charge in [-0.05, 0) is 94.0 Å². The first-order valence-electron chi connectivity index (χ1n) is 16.5. The number of hydrogen-bond acceptors (Lipinski definition) is 8. The lowest BCUT2D eigenvalue weighted by Crippen LogP contribution is -2.31. The maximum atomic E-state index is 13.6. The summed E-state index contributed by atoms with van der Waals surface area (Å²) in [6, 6.07) is 10.2. The van der Waals surface area contributed by atoms with E-state index in [1.165, 1.54) is 24.3 Å². The van der Waals surface area contributed by atoms with E-state index >= 15 is 0 Å². The summed E-state index contributed by atoms with van der Waals surface area (Å²) in [7, 11) is -4.50. The second kappa shape index (κ2) is 13.8. The number of nitrogens with zero attached hydrogens (tertiary/aromatic N) is 1. The number of aryl methyl sites for hydroxylation is 1. The number of aliphatic carboxylic acids is 2. The number of carboxylic acids is 2. The Morgan fingerprint density at radius 1 is 0.857 bits per heavy atom. The average molecular weight is 691 g/mol. The molecule has 49 heavy (non-hydrogen) atoms. The van der Waals surface area contributed by atoms with E-state index < -0.39 is 32.9 Å². The molecule has 2 atom stereocenters. The van der Waals surface area contributed by atoms with Crippen LogP contribution in [-0.2, 0) is 35.3 Å². The van der Waals surface area contributed by atoms with Gasteiger partial charge in [-0.3, -0.25) is 23.9 Å². The molecular weight excluding hydrogens is 648 g/mol. The molecule has 5 rings (SSSR count). The van der Waals surface area contributed by atoms with Crippen molar-refractivity contribution >= 4 is 44.9 Å². The fourth-order valence-electron chi connectivity index (χ4n) is 7.03. The van der Waals surface area contributed by atoms with Gasteiger partial charge < -0.3 is 20.6 Å². The zero-order chi connectivity index (χ0) is 35.7. The minimum Gasteiger partial charge on any atom is -0.506 e. The monoisotopic (exact) mass is 690 g/mol. The number of carboxylic acid groups (broad SMARTS) is 2. The first kappa shape index (κ1) is 35.7. The number of rotatable bonds is 15. The van der Waals surface area contributed by atoms with Gasteiger partial charge in [0, 0.05) is 35.1 Å². The van der Waals surface area contributed by atoms with Crippen molar-refractivity contribution in [2.24, 2.45) is 4.99 Å². The molecule has 0 spiro atoms. The molecule has 2 aromatic carbocycles. The summed E-state index contributed by atoms with van der Waals surface area (Å²) < 4.78 is 33.6. The van der Waals surface area contributed by atoms with Gasteiger partial charge in [-0.2, -0.15) is 8.42 Å². The molecule has 5 N–H and O–H groups in total. The molecule has 0 bridgehead atoms. The van der Waals surface area contributed by atoms with E-state index in [9.17, 15) is 32.5 Å². The van der Waals surface area contributed by atoms with Gasteiger partial charge in [0.2, 0.25) is 5.78 Å². The van der Waals surface area contributed by atoms with Gasteiger partial charge >= 0.3 is 11.9 Å². The highest BCUT2D eigenvalue weighted by Crippen LogP contribution is 2.49. The third-order valence-corrected chi connectivity index (χ3v) is 10.9. The van der Waals surface area contributed by atoms with Crippen molar-refractivity contribution in [2.75, 3.05) is 5.32 Å². The third-order valence-electron chi connectivity index (χ3n) is 10.0. The fourth-order valence-corrected chi connectivity index (χ4v) is 7.54. The molecule has 2 heterocycles. The summed E-state index contributed by atoms with van der Waals surface area (Å²) in [5.41, 5.74) is 4.14.